The van der Waals surface area contributed by atoms with Gasteiger partial charge < -0.3 is 14.8 Å². The summed E-state index contributed by atoms with van der Waals surface area (Å²) in [5, 5.41) is 3.45. The number of ether oxygens (including phenoxy) is 2. The van der Waals surface area contributed by atoms with Crippen molar-refractivity contribution in [3.63, 3.8) is 0 Å². The SMILES string of the molecule is c1ccc2c(c1)Nc1cccc(CN3CCOCC3)c1O2. The Bertz CT molecular complexity index is 651. The number of anilines is 2. The molecule has 0 spiro atoms. The molecule has 2 aliphatic rings. The van der Waals surface area contributed by atoms with Crippen LogP contribution in [-0.4, -0.2) is 31.2 Å². The van der Waals surface area contributed by atoms with E-state index in [1.807, 2.05) is 24.3 Å². The maximum Gasteiger partial charge on any atom is 0.155 e. The number of nitrogens with one attached hydrogen (secondary N) is 1. The molecule has 0 amide bonds. The number of para-hydroxylation sites is 3. The van der Waals surface area contributed by atoms with Gasteiger partial charge in [0.05, 0.1) is 24.6 Å². The zero-order chi connectivity index (χ0) is 14.1. The summed E-state index contributed by atoms with van der Waals surface area (Å²) in [5.41, 5.74) is 3.28. The van der Waals surface area contributed by atoms with Crippen LogP contribution in [0.1, 0.15) is 5.56 Å². The standard InChI is InChI=1S/C17H18N2O2/c1-2-7-16-14(5-1)18-15-6-3-4-13(17(15)21-16)12-19-8-10-20-11-9-19/h1-7,18H,8-12H2. The van der Waals surface area contributed by atoms with Crippen LogP contribution >= 0.6 is 0 Å². The minimum atomic E-state index is 0.816. The maximum absolute atomic E-state index is 6.13. The summed E-state index contributed by atoms with van der Waals surface area (Å²) in [6.45, 7) is 4.49. The lowest BCUT2D eigenvalue weighted by atomic mass is 10.1. The molecule has 4 rings (SSSR count). The summed E-state index contributed by atoms with van der Waals surface area (Å²) in [6, 6.07) is 14.3. The minimum Gasteiger partial charge on any atom is -0.453 e. The van der Waals surface area contributed by atoms with Crippen LogP contribution in [0, 0.1) is 0 Å². The van der Waals surface area contributed by atoms with Crippen molar-refractivity contribution in [3.05, 3.63) is 48.0 Å². The smallest absolute Gasteiger partial charge is 0.155 e. The lowest BCUT2D eigenvalue weighted by molar-refractivity contribution is 0.0339. The molecule has 4 nitrogen and oxygen atoms in total. The number of nitrogens with zero attached hydrogens (tertiary/aromatic N) is 1. The van der Waals surface area contributed by atoms with Crippen molar-refractivity contribution in [2.45, 2.75) is 6.54 Å². The maximum atomic E-state index is 6.13. The van der Waals surface area contributed by atoms with Gasteiger partial charge in [0.1, 0.15) is 0 Å². The normalized spacial score (nSPS) is 17.3. The minimum absolute atomic E-state index is 0.816. The van der Waals surface area contributed by atoms with Gasteiger partial charge in [-0.1, -0.05) is 24.3 Å². The third-order valence-electron chi connectivity index (χ3n) is 3.96. The van der Waals surface area contributed by atoms with Crippen LogP contribution in [-0.2, 0) is 11.3 Å². The van der Waals surface area contributed by atoms with Crippen LogP contribution < -0.4 is 10.1 Å². The second-order valence-corrected chi connectivity index (χ2v) is 5.41. The Morgan fingerprint density at radius 2 is 1.76 bits per heavy atom. The molecule has 1 fully saturated rings. The van der Waals surface area contributed by atoms with Crippen molar-refractivity contribution < 1.29 is 9.47 Å². The van der Waals surface area contributed by atoms with Crippen molar-refractivity contribution >= 4 is 11.4 Å². The van der Waals surface area contributed by atoms with Gasteiger partial charge in [0, 0.05) is 25.2 Å². The van der Waals surface area contributed by atoms with Crippen molar-refractivity contribution in [1.82, 2.24) is 4.90 Å². The fourth-order valence-corrected chi connectivity index (χ4v) is 2.84. The van der Waals surface area contributed by atoms with E-state index in [0.29, 0.717) is 0 Å². The molecule has 21 heavy (non-hydrogen) atoms. The fourth-order valence-electron chi connectivity index (χ4n) is 2.84. The summed E-state index contributed by atoms with van der Waals surface area (Å²) in [7, 11) is 0. The molecule has 2 aromatic rings. The Hall–Kier alpha value is -2.04. The van der Waals surface area contributed by atoms with E-state index in [1.54, 1.807) is 0 Å². The van der Waals surface area contributed by atoms with Gasteiger partial charge in [-0.2, -0.15) is 0 Å². The largest absolute Gasteiger partial charge is 0.453 e. The second-order valence-electron chi connectivity index (χ2n) is 5.41. The monoisotopic (exact) mass is 282 g/mol. The van der Waals surface area contributed by atoms with E-state index in [9.17, 15) is 0 Å². The van der Waals surface area contributed by atoms with Crippen LogP contribution in [0.4, 0.5) is 11.4 Å². The van der Waals surface area contributed by atoms with Gasteiger partial charge in [0.2, 0.25) is 0 Å². The zero-order valence-corrected chi connectivity index (χ0v) is 11.8. The van der Waals surface area contributed by atoms with Crippen LogP contribution in [0.25, 0.3) is 0 Å². The summed E-state index contributed by atoms with van der Waals surface area (Å²) < 4.78 is 11.5. The highest BCUT2D eigenvalue weighted by molar-refractivity contribution is 5.76. The molecule has 2 heterocycles. The number of fused-ring (bicyclic) bond motifs is 2. The van der Waals surface area contributed by atoms with E-state index in [1.165, 1.54) is 5.56 Å². The van der Waals surface area contributed by atoms with E-state index >= 15 is 0 Å². The van der Waals surface area contributed by atoms with Crippen LogP contribution in [0.3, 0.4) is 0 Å². The molecule has 1 N–H and O–H groups in total. The Kier molecular flexibility index (Phi) is 3.25. The Balaban J connectivity index is 1.63. The molecule has 0 aliphatic carbocycles. The first-order valence-corrected chi connectivity index (χ1v) is 7.36. The molecule has 0 saturated carbocycles. The van der Waals surface area contributed by atoms with Crippen molar-refractivity contribution in [2.75, 3.05) is 31.6 Å². The highest BCUT2D eigenvalue weighted by Crippen LogP contribution is 2.43. The molecule has 0 atom stereocenters. The van der Waals surface area contributed by atoms with E-state index < -0.39 is 0 Å². The summed E-state index contributed by atoms with van der Waals surface area (Å²) in [6.07, 6.45) is 0. The van der Waals surface area contributed by atoms with Gasteiger partial charge in [0.15, 0.2) is 11.5 Å². The quantitative estimate of drug-likeness (QED) is 0.781. The van der Waals surface area contributed by atoms with E-state index in [4.69, 9.17) is 9.47 Å². The molecular formula is C17H18N2O2. The number of morpholine rings is 1. The first-order chi connectivity index (χ1) is 10.4. The molecule has 1 saturated heterocycles. The molecule has 0 radical (unpaired) electrons. The molecule has 0 bridgehead atoms. The summed E-state index contributed by atoms with van der Waals surface area (Å²) in [5.74, 6) is 1.84. The molecule has 2 aromatic carbocycles. The van der Waals surface area contributed by atoms with Crippen LogP contribution in [0.15, 0.2) is 42.5 Å². The average molecular weight is 282 g/mol. The summed E-state index contributed by atoms with van der Waals surface area (Å²) in [4.78, 5) is 2.41. The number of benzene rings is 2. The Morgan fingerprint density at radius 1 is 0.952 bits per heavy atom. The van der Waals surface area contributed by atoms with Gasteiger partial charge in [-0.3, -0.25) is 4.90 Å². The van der Waals surface area contributed by atoms with Crippen LogP contribution in [0.5, 0.6) is 11.5 Å². The molecule has 2 aliphatic heterocycles. The van der Waals surface area contributed by atoms with Gasteiger partial charge >= 0.3 is 0 Å². The first-order valence-electron chi connectivity index (χ1n) is 7.36. The highest BCUT2D eigenvalue weighted by atomic mass is 16.5. The number of hydrogen-bond donors (Lipinski definition) is 1. The van der Waals surface area contributed by atoms with E-state index in [2.05, 4.69) is 28.4 Å². The Labute approximate surface area is 124 Å². The van der Waals surface area contributed by atoms with E-state index in [0.717, 1.165) is 55.7 Å². The van der Waals surface area contributed by atoms with Crippen molar-refractivity contribution in [2.24, 2.45) is 0 Å². The number of rotatable bonds is 2. The molecule has 108 valence electrons. The van der Waals surface area contributed by atoms with Gasteiger partial charge in [-0.05, 0) is 18.2 Å². The van der Waals surface area contributed by atoms with Gasteiger partial charge in [-0.25, -0.2) is 0 Å². The van der Waals surface area contributed by atoms with Gasteiger partial charge in [0.25, 0.3) is 0 Å². The van der Waals surface area contributed by atoms with Crippen LogP contribution in [0.2, 0.25) is 0 Å². The summed E-state index contributed by atoms with van der Waals surface area (Å²) >= 11 is 0. The molecular weight excluding hydrogens is 264 g/mol. The van der Waals surface area contributed by atoms with Crippen molar-refractivity contribution in [1.29, 1.82) is 0 Å². The first kappa shape index (κ1) is 12.7. The number of hydrogen-bond acceptors (Lipinski definition) is 4. The van der Waals surface area contributed by atoms with Gasteiger partial charge in [-0.15, -0.1) is 0 Å². The molecule has 4 heteroatoms. The third-order valence-corrected chi connectivity index (χ3v) is 3.96. The average Bonchev–Trinajstić information content (AvgIpc) is 2.54. The Morgan fingerprint density at radius 3 is 2.67 bits per heavy atom. The molecule has 0 aromatic heterocycles. The lowest BCUT2D eigenvalue weighted by Crippen LogP contribution is -2.35. The fraction of sp³-hybridized carbons (Fsp3) is 0.294. The highest BCUT2D eigenvalue weighted by Gasteiger charge is 2.20. The predicted molar refractivity (Wildman–Crippen MR) is 82.3 cm³/mol. The van der Waals surface area contributed by atoms with Crippen molar-refractivity contribution in [3.8, 4) is 11.5 Å². The third kappa shape index (κ3) is 2.48. The second kappa shape index (κ2) is 5.39. The zero-order valence-electron chi connectivity index (χ0n) is 11.8. The topological polar surface area (TPSA) is 33.7 Å². The lowest BCUT2D eigenvalue weighted by Gasteiger charge is -2.29. The van der Waals surface area contributed by atoms with E-state index in [-0.39, 0.29) is 0 Å². The molecule has 0 unspecified atom stereocenters. The predicted octanol–water partition coefficient (Wildman–Crippen LogP) is 3.37.